The zero-order valence-electron chi connectivity index (χ0n) is 19.1. The highest BCUT2D eigenvalue weighted by atomic mass is 16.5. The Bertz CT molecular complexity index is 785. The standard InChI is InChI=1S/C23H37N7O/c1-4-25-23(27-15-22(12-19(2)3)29-8-10-31-11-9-29)26-14-20-6-5-7-21(13-20)16-30-18-24-17-28-30/h5-7,13,17-19,22H,4,8-12,14-16H2,1-3H3,(H2,25,26,27). The lowest BCUT2D eigenvalue weighted by Crippen LogP contribution is -2.51. The van der Waals surface area contributed by atoms with Crippen molar-refractivity contribution in [1.29, 1.82) is 0 Å². The summed E-state index contributed by atoms with van der Waals surface area (Å²) in [5, 5.41) is 11.2. The minimum Gasteiger partial charge on any atom is -0.379 e. The number of guanidine groups is 1. The molecule has 0 saturated carbocycles. The van der Waals surface area contributed by atoms with Crippen molar-refractivity contribution >= 4 is 5.96 Å². The fraction of sp³-hybridized carbons (Fsp3) is 0.609. The minimum atomic E-state index is 0.485. The average Bonchev–Trinajstić information content (AvgIpc) is 3.28. The van der Waals surface area contributed by atoms with Gasteiger partial charge in [0.05, 0.1) is 26.3 Å². The molecule has 2 aromatic rings. The molecule has 0 amide bonds. The van der Waals surface area contributed by atoms with Gasteiger partial charge in [-0.05, 0) is 30.4 Å². The van der Waals surface area contributed by atoms with Crippen molar-refractivity contribution in [3.8, 4) is 0 Å². The van der Waals surface area contributed by atoms with Gasteiger partial charge < -0.3 is 15.4 Å². The largest absolute Gasteiger partial charge is 0.379 e. The van der Waals surface area contributed by atoms with Gasteiger partial charge in [-0.2, -0.15) is 5.10 Å². The highest BCUT2D eigenvalue weighted by Gasteiger charge is 2.22. The Hall–Kier alpha value is -2.45. The predicted molar refractivity (Wildman–Crippen MR) is 124 cm³/mol. The number of aliphatic imine (C=N–C) groups is 1. The molecule has 1 aromatic carbocycles. The molecule has 0 aliphatic carbocycles. The Kier molecular flexibility index (Phi) is 9.30. The normalized spacial score (nSPS) is 16.5. The van der Waals surface area contributed by atoms with E-state index in [0.29, 0.717) is 25.0 Å². The van der Waals surface area contributed by atoms with Crippen LogP contribution in [0.15, 0.2) is 41.9 Å². The van der Waals surface area contributed by atoms with Crippen LogP contribution in [-0.4, -0.2) is 71.1 Å². The molecule has 1 aromatic heterocycles. The van der Waals surface area contributed by atoms with E-state index in [-0.39, 0.29) is 0 Å². The molecule has 170 valence electrons. The van der Waals surface area contributed by atoms with E-state index in [1.807, 2.05) is 4.68 Å². The highest BCUT2D eigenvalue weighted by Crippen LogP contribution is 2.13. The monoisotopic (exact) mass is 427 g/mol. The Morgan fingerprint density at radius 2 is 2.00 bits per heavy atom. The smallest absolute Gasteiger partial charge is 0.191 e. The van der Waals surface area contributed by atoms with E-state index in [1.165, 1.54) is 11.1 Å². The van der Waals surface area contributed by atoms with Crippen molar-refractivity contribution in [3.05, 3.63) is 48.0 Å². The molecule has 1 aliphatic rings. The molecule has 1 aliphatic heterocycles. The molecule has 2 N–H and O–H groups in total. The lowest BCUT2D eigenvalue weighted by atomic mass is 10.0. The Morgan fingerprint density at radius 3 is 2.71 bits per heavy atom. The zero-order chi connectivity index (χ0) is 21.9. The molecule has 8 heteroatoms. The van der Waals surface area contributed by atoms with Crippen LogP contribution in [0.25, 0.3) is 0 Å². The Balaban J connectivity index is 1.59. The van der Waals surface area contributed by atoms with Gasteiger partial charge in [0.15, 0.2) is 5.96 Å². The van der Waals surface area contributed by atoms with Gasteiger partial charge in [-0.15, -0.1) is 0 Å². The van der Waals surface area contributed by atoms with Gasteiger partial charge >= 0.3 is 0 Å². The van der Waals surface area contributed by atoms with Crippen LogP contribution in [0.2, 0.25) is 0 Å². The lowest BCUT2D eigenvalue weighted by molar-refractivity contribution is 0.0132. The van der Waals surface area contributed by atoms with Crippen LogP contribution in [0.4, 0.5) is 0 Å². The van der Waals surface area contributed by atoms with Crippen molar-refractivity contribution in [2.75, 3.05) is 39.4 Å². The van der Waals surface area contributed by atoms with Crippen molar-refractivity contribution in [3.63, 3.8) is 0 Å². The van der Waals surface area contributed by atoms with Gasteiger partial charge in [-0.25, -0.2) is 14.7 Å². The summed E-state index contributed by atoms with van der Waals surface area (Å²) in [6, 6.07) is 8.97. The second kappa shape index (κ2) is 12.4. The molecule has 1 fully saturated rings. The Morgan fingerprint density at radius 1 is 1.19 bits per heavy atom. The van der Waals surface area contributed by atoms with Gasteiger partial charge in [0.2, 0.25) is 0 Å². The first-order chi connectivity index (χ1) is 15.1. The number of morpholine rings is 1. The van der Waals surface area contributed by atoms with Gasteiger partial charge in [-0.1, -0.05) is 38.1 Å². The fourth-order valence-corrected chi connectivity index (χ4v) is 3.90. The maximum atomic E-state index is 5.54. The number of rotatable bonds is 10. The molecule has 1 saturated heterocycles. The van der Waals surface area contributed by atoms with Crippen LogP contribution in [-0.2, 0) is 17.8 Å². The summed E-state index contributed by atoms with van der Waals surface area (Å²) in [7, 11) is 0. The van der Waals surface area contributed by atoms with E-state index >= 15 is 0 Å². The van der Waals surface area contributed by atoms with Crippen molar-refractivity contribution < 1.29 is 4.74 Å². The summed E-state index contributed by atoms with van der Waals surface area (Å²) < 4.78 is 7.37. The van der Waals surface area contributed by atoms with E-state index in [9.17, 15) is 0 Å². The van der Waals surface area contributed by atoms with Crippen LogP contribution in [0.1, 0.15) is 38.3 Å². The third-order valence-corrected chi connectivity index (χ3v) is 5.38. The lowest BCUT2D eigenvalue weighted by Gasteiger charge is -2.35. The summed E-state index contributed by atoms with van der Waals surface area (Å²) in [5.74, 6) is 1.52. The van der Waals surface area contributed by atoms with Gasteiger partial charge in [0, 0.05) is 32.2 Å². The van der Waals surface area contributed by atoms with Gasteiger partial charge in [0.25, 0.3) is 0 Å². The number of nitrogens with one attached hydrogen (secondary N) is 2. The molecular formula is C23H37N7O. The fourth-order valence-electron chi connectivity index (χ4n) is 3.90. The van der Waals surface area contributed by atoms with Crippen LogP contribution >= 0.6 is 0 Å². The number of hydrogen-bond acceptors (Lipinski definition) is 5. The van der Waals surface area contributed by atoms with Crippen molar-refractivity contribution in [2.24, 2.45) is 10.9 Å². The molecule has 2 heterocycles. The van der Waals surface area contributed by atoms with Crippen molar-refractivity contribution in [1.82, 2.24) is 30.3 Å². The summed E-state index contributed by atoms with van der Waals surface area (Å²) in [4.78, 5) is 11.4. The van der Waals surface area contributed by atoms with E-state index < -0.39 is 0 Å². The number of aromatic nitrogens is 3. The van der Waals surface area contributed by atoms with Gasteiger partial charge in [-0.3, -0.25) is 4.90 Å². The highest BCUT2D eigenvalue weighted by molar-refractivity contribution is 5.79. The average molecular weight is 428 g/mol. The first kappa shape index (κ1) is 23.2. The maximum Gasteiger partial charge on any atom is 0.191 e. The van der Waals surface area contributed by atoms with Crippen molar-refractivity contribution in [2.45, 2.75) is 46.3 Å². The first-order valence-corrected chi connectivity index (χ1v) is 11.4. The maximum absolute atomic E-state index is 5.54. The molecule has 1 unspecified atom stereocenters. The first-order valence-electron chi connectivity index (χ1n) is 11.4. The SMILES string of the molecule is CCNC(=NCc1cccc(Cn2cncn2)c1)NCC(CC(C)C)N1CCOCC1. The van der Waals surface area contributed by atoms with E-state index in [4.69, 9.17) is 9.73 Å². The molecule has 31 heavy (non-hydrogen) atoms. The summed E-state index contributed by atoms with van der Waals surface area (Å²) >= 11 is 0. The molecule has 3 rings (SSSR count). The van der Waals surface area contributed by atoms with Crippen LogP contribution in [0.3, 0.4) is 0 Å². The molecule has 0 bridgehead atoms. The second-order valence-electron chi connectivity index (χ2n) is 8.42. The van der Waals surface area contributed by atoms with E-state index in [2.05, 4.69) is 70.7 Å². The van der Waals surface area contributed by atoms with E-state index in [1.54, 1.807) is 12.7 Å². The second-order valence-corrected chi connectivity index (χ2v) is 8.42. The number of hydrogen-bond donors (Lipinski definition) is 2. The number of nitrogens with zero attached hydrogens (tertiary/aromatic N) is 5. The van der Waals surface area contributed by atoms with Crippen LogP contribution < -0.4 is 10.6 Å². The van der Waals surface area contributed by atoms with Gasteiger partial charge in [0.1, 0.15) is 12.7 Å². The van der Waals surface area contributed by atoms with Crippen LogP contribution in [0.5, 0.6) is 0 Å². The summed E-state index contributed by atoms with van der Waals surface area (Å²) in [6.45, 7) is 13.4. The minimum absolute atomic E-state index is 0.485. The quantitative estimate of drug-likeness (QED) is 0.447. The topological polar surface area (TPSA) is 79.6 Å². The summed E-state index contributed by atoms with van der Waals surface area (Å²) in [6.07, 6.45) is 4.46. The molecule has 8 nitrogen and oxygen atoms in total. The third kappa shape index (κ3) is 7.95. The van der Waals surface area contributed by atoms with E-state index in [0.717, 1.165) is 51.8 Å². The predicted octanol–water partition coefficient (Wildman–Crippen LogP) is 2.13. The number of ether oxygens (including phenoxy) is 1. The molecule has 0 radical (unpaired) electrons. The Labute approximate surface area is 186 Å². The molecular weight excluding hydrogens is 390 g/mol. The molecule has 1 atom stereocenters. The summed E-state index contributed by atoms with van der Waals surface area (Å²) in [5.41, 5.74) is 2.38. The molecule has 0 spiro atoms. The third-order valence-electron chi connectivity index (χ3n) is 5.38. The number of benzene rings is 1. The zero-order valence-corrected chi connectivity index (χ0v) is 19.1. The van der Waals surface area contributed by atoms with Crippen LogP contribution in [0, 0.1) is 5.92 Å².